The molecule has 4 aromatic heterocycles. The largest absolute Gasteiger partial charge is 0.481 e. The van der Waals surface area contributed by atoms with E-state index in [2.05, 4.69) is 25.1 Å². The van der Waals surface area contributed by atoms with Gasteiger partial charge in [-0.2, -0.15) is 9.37 Å². The maximum absolute atomic E-state index is 14.1. The maximum Gasteiger partial charge on any atom is 0.223 e. The highest BCUT2D eigenvalue weighted by Crippen LogP contribution is 2.26. The zero-order valence-corrected chi connectivity index (χ0v) is 12.4. The Kier molecular flexibility index (Phi) is 2.90. The van der Waals surface area contributed by atoms with E-state index in [0.29, 0.717) is 34.2 Å². The number of pyridine rings is 2. The Balaban J connectivity index is 2.16. The van der Waals surface area contributed by atoms with Crippen LogP contribution in [0.2, 0.25) is 0 Å². The molecule has 0 radical (unpaired) electrons. The van der Waals surface area contributed by atoms with Crippen LogP contribution in [0.3, 0.4) is 0 Å². The van der Waals surface area contributed by atoms with E-state index in [1.165, 1.54) is 13.3 Å². The SMILES string of the molecule is COc1ccc2nnc3c(C)nc(-c4cccnc4F)n3c2n1. The Labute approximate surface area is 129 Å². The van der Waals surface area contributed by atoms with Gasteiger partial charge in [-0.15, -0.1) is 10.2 Å². The van der Waals surface area contributed by atoms with Crippen LogP contribution in [-0.4, -0.2) is 36.7 Å². The van der Waals surface area contributed by atoms with Crippen LogP contribution in [0.25, 0.3) is 28.2 Å². The number of halogens is 1. The molecule has 0 saturated carbocycles. The molecular weight excluding hydrogens is 299 g/mol. The second-order valence-corrected chi connectivity index (χ2v) is 4.92. The van der Waals surface area contributed by atoms with Gasteiger partial charge in [-0.3, -0.25) is 4.40 Å². The number of nitrogens with zero attached hydrogens (tertiary/aromatic N) is 6. The number of ether oxygens (including phenoxy) is 1. The van der Waals surface area contributed by atoms with Gasteiger partial charge in [0.2, 0.25) is 11.8 Å². The number of aromatic nitrogens is 6. The molecule has 0 N–H and O–H groups in total. The van der Waals surface area contributed by atoms with E-state index in [1.807, 2.05) is 0 Å². The smallest absolute Gasteiger partial charge is 0.223 e. The fourth-order valence-corrected chi connectivity index (χ4v) is 2.45. The minimum absolute atomic E-state index is 0.273. The molecule has 7 nitrogen and oxygen atoms in total. The lowest BCUT2D eigenvalue weighted by molar-refractivity contribution is 0.399. The van der Waals surface area contributed by atoms with Crippen LogP contribution in [0.1, 0.15) is 5.69 Å². The first-order valence-electron chi connectivity index (χ1n) is 6.86. The van der Waals surface area contributed by atoms with Crippen LogP contribution in [0, 0.1) is 12.9 Å². The first kappa shape index (κ1) is 13.5. The van der Waals surface area contributed by atoms with Crippen molar-refractivity contribution < 1.29 is 9.13 Å². The van der Waals surface area contributed by atoms with Crippen molar-refractivity contribution in [3.05, 3.63) is 42.1 Å². The van der Waals surface area contributed by atoms with E-state index >= 15 is 0 Å². The molecule has 0 aliphatic rings. The van der Waals surface area contributed by atoms with Crippen LogP contribution in [0.15, 0.2) is 30.5 Å². The molecule has 4 aromatic rings. The third kappa shape index (κ3) is 1.99. The third-order valence-corrected chi connectivity index (χ3v) is 3.52. The molecule has 0 aliphatic carbocycles. The lowest BCUT2D eigenvalue weighted by Crippen LogP contribution is -2.01. The zero-order chi connectivity index (χ0) is 16.0. The zero-order valence-electron chi connectivity index (χ0n) is 12.4. The van der Waals surface area contributed by atoms with Crippen LogP contribution >= 0.6 is 0 Å². The highest BCUT2D eigenvalue weighted by molar-refractivity contribution is 5.77. The predicted molar refractivity (Wildman–Crippen MR) is 80.6 cm³/mol. The van der Waals surface area contributed by atoms with Gasteiger partial charge in [-0.05, 0) is 25.1 Å². The lowest BCUT2D eigenvalue weighted by atomic mass is 10.2. The summed E-state index contributed by atoms with van der Waals surface area (Å²) >= 11 is 0. The summed E-state index contributed by atoms with van der Waals surface area (Å²) in [6, 6.07) is 6.70. The van der Waals surface area contributed by atoms with Gasteiger partial charge in [0.05, 0.1) is 18.4 Å². The molecule has 0 aliphatic heterocycles. The normalized spacial score (nSPS) is 11.3. The Hall–Kier alpha value is -3.16. The second-order valence-electron chi connectivity index (χ2n) is 4.92. The topological polar surface area (TPSA) is 78.1 Å². The van der Waals surface area contributed by atoms with Gasteiger partial charge in [0, 0.05) is 12.3 Å². The van der Waals surface area contributed by atoms with Crippen LogP contribution in [-0.2, 0) is 0 Å². The molecular formula is C15H11FN6O. The molecule has 0 spiro atoms. The summed E-state index contributed by atoms with van der Waals surface area (Å²) in [4.78, 5) is 12.5. The maximum atomic E-state index is 14.1. The summed E-state index contributed by atoms with van der Waals surface area (Å²) in [5.41, 5.74) is 2.46. The van der Waals surface area contributed by atoms with E-state index in [0.717, 1.165) is 0 Å². The van der Waals surface area contributed by atoms with Gasteiger partial charge >= 0.3 is 0 Å². The Morgan fingerprint density at radius 3 is 2.74 bits per heavy atom. The minimum atomic E-state index is -0.604. The van der Waals surface area contributed by atoms with Crippen molar-refractivity contribution in [2.24, 2.45) is 0 Å². The molecule has 0 fully saturated rings. The summed E-state index contributed by atoms with van der Waals surface area (Å²) in [6.45, 7) is 1.79. The summed E-state index contributed by atoms with van der Waals surface area (Å²) in [5, 5.41) is 8.30. The monoisotopic (exact) mass is 310 g/mol. The molecule has 114 valence electrons. The van der Waals surface area contributed by atoms with E-state index in [4.69, 9.17) is 4.74 Å². The van der Waals surface area contributed by atoms with Crippen molar-refractivity contribution in [3.8, 4) is 17.3 Å². The van der Waals surface area contributed by atoms with Gasteiger partial charge in [0.25, 0.3) is 0 Å². The molecule has 8 heteroatoms. The number of rotatable bonds is 2. The highest BCUT2D eigenvalue weighted by atomic mass is 19.1. The Morgan fingerprint density at radius 2 is 1.96 bits per heavy atom. The summed E-state index contributed by atoms with van der Waals surface area (Å²) < 4.78 is 20.9. The highest BCUT2D eigenvalue weighted by Gasteiger charge is 2.18. The summed E-state index contributed by atoms with van der Waals surface area (Å²) in [5.74, 6) is 0.201. The lowest BCUT2D eigenvalue weighted by Gasteiger charge is -2.06. The van der Waals surface area contributed by atoms with Crippen molar-refractivity contribution >= 4 is 16.8 Å². The molecule has 0 aromatic carbocycles. The first-order valence-corrected chi connectivity index (χ1v) is 6.86. The van der Waals surface area contributed by atoms with Crippen molar-refractivity contribution in [1.82, 2.24) is 29.5 Å². The van der Waals surface area contributed by atoms with Gasteiger partial charge in [-0.25, -0.2) is 9.97 Å². The van der Waals surface area contributed by atoms with Crippen molar-refractivity contribution in [2.75, 3.05) is 7.11 Å². The van der Waals surface area contributed by atoms with Crippen LogP contribution in [0.5, 0.6) is 5.88 Å². The van der Waals surface area contributed by atoms with Crippen LogP contribution in [0.4, 0.5) is 4.39 Å². The van der Waals surface area contributed by atoms with Gasteiger partial charge < -0.3 is 4.74 Å². The number of methoxy groups -OCH3 is 1. The van der Waals surface area contributed by atoms with E-state index in [-0.39, 0.29) is 5.56 Å². The third-order valence-electron chi connectivity index (χ3n) is 3.52. The average Bonchev–Trinajstić information content (AvgIpc) is 2.92. The van der Waals surface area contributed by atoms with Crippen LogP contribution < -0.4 is 4.74 Å². The Morgan fingerprint density at radius 1 is 1.09 bits per heavy atom. The molecule has 0 bridgehead atoms. The molecule has 0 saturated heterocycles. The second kappa shape index (κ2) is 4.94. The molecule has 0 amide bonds. The average molecular weight is 310 g/mol. The van der Waals surface area contributed by atoms with E-state index in [9.17, 15) is 4.39 Å². The molecule has 0 atom stereocenters. The predicted octanol–water partition coefficient (Wildman–Crippen LogP) is 2.19. The van der Waals surface area contributed by atoms with Gasteiger partial charge in [0.15, 0.2) is 17.1 Å². The summed E-state index contributed by atoms with van der Waals surface area (Å²) in [7, 11) is 1.53. The van der Waals surface area contributed by atoms with E-state index in [1.54, 1.807) is 35.6 Å². The number of aryl methyl sites for hydroxylation is 1. The standard InChI is InChI=1S/C15H11FN6O/c1-8-13-21-20-10-5-6-11(23-2)19-15(10)22(13)14(18-8)9-4-3-7-17-12(9)16/h3-7H,1-2H3. The Bertz CT molecular complexity index is 1040. The molecule has 0 unspecified atom stereocenters. The fraction of sp³-hybridized carbons (Fsp3) is 0.133. The van der Waals surface area contributed by atoms with Crippen molar-refractivity contribution in [3.63, 3.8) is 0 Å². The number of hydrogen-bond acceptors (Lipinski definition) is 6. The van der Waals surface area contributed by atoms with Crippen molar-refractivity contribution in [2.45, 2.75) is 6.92 Å². The first-order chi connectivity index (χ1) is 11.2. The molecule has 23 heavy (non-hydrogen) atoms. The number of imidazole rings is 1. The fourth-order valence-electron chi connectivity index (χ4n) is 2.45. The summed E-state index contributed by atoms with van der Waals surface area (Å²) in [6.07, 6.45) is 1.39. The van der Waals surface area contributed by atoms with E-state index < -0.39 is 5.95 Å². The van der Waals surface area contributed by atoms with Crippen molar-refractivity contribution in [1.29, 1.82) is 0 Å². The number of fused-ring (bicyclic) bond motifs is 3. The van der Waals surface area contributed by atoms with Gasteiger partial charge in [-0.1, -0.05) is 0 Å². The minimum Gasteiger partial charge on any atom is -0.481 e. The molecule has 4 heterocycles. The number of hydrogen-bond donors (Lipinski definition) is 0. The molecule has 4 rings (SSSR count). The van der Waals surface area contributed by atoms with Gasteiger partial charge in [0.1, 0.15) is 5.52 Å². The quantitative estimate of drug-likeness (QED) is 0.528.